The maximum atomic E-state index is 9.94. The van der Waals surface area contributed by atoms with Crippen molar-refractivity contribution in [3.63, 3.8) is 0 Å². The van der Waals surface area contributed by atoms with Crippen LogP contribution in [0.2, 0.25) is 5.02 Å². The number of benzene rings is 2. The molecule has 0 saturated carbocycles. The van der Waals surface area contributed by atoms with Gasteiger partial charge in [-0.1, -0.05) is 30.7 Å². The minimum Gasteiger partial charge on any atom is -0.508 e. The molecule has 1 aromatic heterocycles. The van der Waals surface area contributed by atoms with E-state index < -0.39 is 0 Å². The summed E-state index contributed by atoms with van der Waals surface area (Å²) in [6.07, 6.45) is 1.00. The smallest absolute Gasteiger partial charge is 0.141 e. The van der Waals surface area contributed by atoms with Gasteiger partial charge in [0.05, 0.1) is 11.0 Å². The third kappa shape index (κ3) is 2.38. The third-order valence-corrected chi connectivity index (χ3v) is 3.94. The summed E-state index contributed by atoms with van der Waals surface area (Å²) in [5, 5.41) is 10.7. The Labute approximate surface area is 128 Å². The molecule has 21 heavy (non-hydrogen) atoms. The number of imidazole rings is 1. The van der Waals surface area contributed by atoms with Gasteiger partial charge in [0.2, 0.25) is 0 Å². The summed E-state index contributed by atoms with van der Waals surface area (Å²) in [5.41, 5.74) is 3.75. The van der Waals surface area contributed by atoms with Gasteiger partial charge in [-0.15, -0.1) is 0 Å². The van der Waals surface area contributed by atoms with Gasteiger partial charge in [-0.05, 0) is 37.6 Å². The number of hydrogen-bond donors (Lipinski definition) is 1. The lowest BCUT2D eigenvalue weighted by molar-refractivity contribution is 0.471. The van der Waals surface area contributed by atoms with Crippen LogP contribution in [0.4, 0.5) is 0 Å². The van der Waals surface area contributed by atoms with E-state index in [1.807, 2.05) is 37.3 Å². The number of hydrogen-bond acceptors (Lipinski definition) is 2. The zero-order chi connectivity index (χ0) is 15.0. The molecule has 0 aliphatic carbocycles. The first-order valence-electron chi connectivity index (χ1n) is 7.06. The Balaban J connectivity index is 2.31. The summed E-state index contributed by atoms with van der Waals surface area (Å²) < 4.78 is 2.17. The van der Waals surface area contributed by atoms with Crippen molar-refractivity contribution in [3.8, 4) is 17.1 Å². The second kappa shape index (κ2) is 5.41. The zero-order valence-corrected chi connectivity index (χ0v) is 12.9. The fourth-order valence-electron chi connectivity index (χ4n) is 2.62. The number of aryl methyl sites for hydroxylation is 1. The number of rotatable bonds is 3. The van der Waals surface area contributed by atoms with Crippen LogP contribution in [0.3, 0.4) is 0 Å². The molecule has 0 aliphatic heterocycles. The average molecular weight is 301 g/mol. The van der Waals surface area contributed by atoms with Gasteiger partial charge < -0.3 is 9.67 Å². The SMILES string of the molecule is CCCn1c(-c2cccc(O)c2C)nc2ccc(Cl)cc21. The number of aromatic nitrogens is 2. The maximum Gasteiger partial charge on any atom is 0.141 e. The lowest BCUT2D eigenvalue weighted by atomic mass is 10.1. The molecule has 1 N–H and O–H groups in total. The Kier molecular flexibility index (Phi) is 3.60. The number of aromatic hydroxyl groups is 1. The second-order valence-electron chi connectivity index (χ2n) is 5.17. The van der Waals surface area contributed by atoms with Crippen LogP contribution in [0, 0.1) is 6.92 Å². The van der Waals surface area contributed by atoms with Crippen molar-refractivity contribution >= 4 is 22.6 Å². The molecule has 0 bridgehead atoms. The number of fused-ring (bicyclic) bond motifs is 1. The van der Waals surface area contributed by atoms with Crippen LogP contribution in [0.15, 0.2) is 36.4 Å². The van der Waals surface area contributed by atoms with Gasteiger partial charge in [0.1, 0.15) is 11.6 Å². The summed E-state index contributed by atoms with van der Waals surface area (Å²) >= 11 is 6.12. The minimum atomic E-state index is 0.292. The van der Waals surface area contributed by atoms with Crippen LogP contribution < -0.4 is 0 Å². The minimum absolute atomic E-state index is 0.292. The highest BCUT2D eigenvalue weighted by molar-refractivity contribution is 6.31. The Morgan fingerprint density at radius 1 is 1.24 bits per heavy atom. The van der Waals surface area contributed by atoms with E-state index in [0.717, 1.165) is 41.0 Å². The van der Waals surface area contributed by atoms with Crippen molar-refractivity contribution in [2.45, 2.75) is 26.8 Å². The molecule has 0 atom stereocenters. The lowest BCUT2D eigenvalue weighted by Crippen LogP contribution is -2.00. The highest BCUT2D eigenvalue weighted by atomic mass is 35.5. The van der Waals surface area contributed by atoms with Crippen molar-refractivity contribution in [1.82, 2.24) is 9.55 Å². The van der Waals surface area contributed by atoms with E-state index in [0.29, 0.717) is 10.8 Å². The van der Waals surface area contributed by atoms with Crippen molar-refractivity contribution in [2.24, 2.45) is 0 Å². The molecule has 0 saturated heterocycles. The molecule has 108 valence electrons. The van der Waals surface area contributed by atoms with E-state index in [4.69, 9.17) is 16.6 Å². The van der Waals surface area contributed by atoms with Crippen LogP contribution in [-0.2, 0) is 6.54 Å². The quantitative estimate of drug-likeness (QED) is 0.756. The highest BCUT2D eigenvalue weighted by Gasteiger charge is 2.15. The summed E-state index contributed by atoms with van der Waals surface area (Å²) in [7, 11) is 0. The topological polar surface area (TPSA) is 38.0 Å². The van der Waals surface area contributed by atoms with Gasteiger partial charge in [-0.25, -0.2) is 4.98 Å². The number of halogens is 1. The molecule has 0 fully saturated rings. The third-order valence-electron chi connectivity index (χ3n) is 3.70. The van der Waals surface area contributed by atoms with Gasteiger partial charge in [0, 0.05) is 22.7 Å². The first kappa shape index (κ1) is 14.0. The molecule has 0 amide bonds. The van der Waals surface area contributed by atoms with Crippen molar-refractivity contribution in [2.75, 3.05) is 0 Å². The zero-order valence-electron chi connectivity index (χ0n) is 12.1. The average Bonchev–Trinajstić information content (AvgIpc) is 2.81. The molecule has 2 aromatic carbocycles. The number of nitrogens with zero attached hydrogens (tertiary/aromatic N) is 2. The Morgan fingerprint density at radius 2 is 2.05 bits per heavy atom. The maximum absolute atomic E-state index is 9.94. The first-order chi connectivity index (χ1) is 10.1. The van der Waals surface area contributed by atoms with E-state index in [1.54, 1.807) is 6.07 Å². The molecule has 0 aliphatic rings. The Hall–Kier alpha value is -2.00. The van der Waals surface area contributed by atoms with Gasteiger partial charge in [-0.2, -0.15) is 0 Å². The van der Waals surface area contributed by atoms with E-state index in [-0.39, 0.29) is 0 Å². The second-order valence-corrected chi connectivity index (χ2v) is 5.61. The molecule has 1 heterocycles. The molecular formula is C17H17ClN2O. The fourth-order valence-corrected chi connectivity index (χ4v) is 2.78. The number of phenols is 1. The molecule has 4 heteroatoms. The monoisotopic (exact) mass is 300 g/mol. The summed E-state index contributed by atoms with van der Waals surface area (Å²) in [6, 6.07) is 11.3. The predicted molar refractivity (Wildman–Crippen MR) is 86.9 cm³/mol. The summed E-state index contributed by atoms with van der Waals surface area (Å²) in [6.45, 7) is 4.91. The standard InChI is InChI=1S/C17H17ClN2O/c1-3-9-20-15-10-12(18)7-8-14(15)19-17(20)13-5-4-6-16(21)11(13)2/h4-8,10,21H,3,9H2,1-2H3. The van der Waals surface area contributed by atoms with E-state index in [9.17, 15) is 5.11 Å². The van der Waals surface area contributed by atoms with Crippen LogP contribution in [0.5, 0.6) is 5.75 Å². The number of phenolic OH excluding ortho intramolecular Hbond substituents is 1. The molecule has 0 radical (unpaired) electrons. The van der Waals surface area contributed by atoms with Crippen molar-refractivity contribution in [3.05, 3.63) is 47.0 Å². The van der Waals surface area contributed by atoms with Crippen LogP contribution in [0.25, 0.3) is 22.4 Å². The van der Waals surface area contributed by atoms with Crippen LogP contribution >= 0.6 is 11.6 Å². The molecule has 3 rings (SSSR count). The van der Waals surface area contributed by atoms with E-state index >= 15 is 0 Å². The predicted octanol–water partition coefficient (Wildman–Crippen LogP) is 4.78. The lowest BCUT2D eigenvalue weighted by Gasteiger charge is -2.11. The van der Waals surface area contributed by atoms with Gasteiger partial charge in [-0.3, -0.25) is 0 Å². The highest BCUT2D eigenvalue weighted by Crippen LogP contribution is 2.32. The molecule has 3 aromatic rings. The van der Waals surface area contributed by atoms with Crippen molar-refractivity contribution < 1.29 is 5.11 Å². The Bertz CT molecular complexity index is 808. The van der Waals surface area contributed by atoms with Crippen LogP contribution in [-0.4, -0.2) is 14.7 Å². The van der Waals surface area contributed by atoms with Crippen molar-refractivity contribution in [1.29, 1.82) is 0 Å². The van der Waals surface area contributed by atoms with E-state index in [1.165, 1.54) is 0 Å². The largest absolute Gasteiger partial charge is 0.508 e. The van der Waals surface area contributed by atoms with Gasteiger partial charge in [0.15, 0.2) is 0 Å². The molecule has 3 nitrogen and oxygen atoms in total. The van der Waals surface area contributed by atoms with E-state index in [2.05, 4.69) is 11.5 Å². The van der Waals surface area contributed by atoms with Crippen LogP contribution in [0.1, 0.15) is 18.9 Å². The molecule has 0 unspecified atom stereocenters. The fraction of sp³-hybridized carbons (Fsp3) is 0.235. The summed E-state index contributed by atoms with van der Waals surface area (Å²) in [5.74, 6) is 1.17. The molecule has 0 spiro atoms. The first-order valence-corrected chi connectivity index (χ1v) is 7.44. The summed E-state index contributed by atoms with van der Waals surface area (Å²) in [4.78, 5) is 4.74. The normalized spacial score (nSPS) is 11.2. The molecular weight excluding hydrogens is 284 g/mol. The Morgan fingerprint density at radius 3 is 2.81 bits per heavy atom. The van der Waals surface area contributed by atoms with Gasteiger partial charge in [0.25, 0.3) is 0 Å². The van der Waals surface area contributed by atoms with Gasteiger partial charge >= 0.3 is 0 Å².